The third-order valence-corrected chi connectivity index (χ3v) is 7.43. The summed E-state index contributed by atoms with van der Waals surface area (Å²) in [5.74, 6) is 0.884. The molecule has 0 fully saturated rings. The molecule has 0 radical (unpaired) electrons. The summed E-state index contributed by atoms with van der Waals surface area (Å²) in [4.78, 5) is 29.6. The maximum Gasteiger partial charge on any atom is 0.341 e. The average molecular weight is 579 g/mol. The van der Waals surface area contributed by atoms with Crippen molar-refractivity contribution in [2.75, 3.05) is 13.7 Å². The van der Waals surface area contributed by atoms with Crippen molar-refractivity contribution in [2.24, 2.45) is 5.10 Å². The molecule has 0 aliphatic heterocycles. The van der Waals surface area contributed by atoms with Gasteiger partial charge in [0.15, 0.2) is 12.4 Å². The molecule has 1 N–H and O–H groups in total. The molecule has 0 aliphatic carbocycles. The van der Waals surface area contributed by atoms with E-state index in [1.165, 1.54) is 4.68 Å². The molecule has 0 bridgehead atoms. The van der Waals surface area contributed by atoms with Gasteiger partial charge < -0.3 is 19.1 Å². The van der Waals surface area contributed by atoms with E-state index in [0.717, 1.165) is 45.1 Å². The van der Waals surface area contributed by atoms with Crippen LogP contribution in [0.1, 0.15) is 47.8 Å². The third-order valence-electron chi connectivity index (χ3n) is 7.43. The SMILES string of the molecule is COc1cc(C)c(-c2nc3ccccc3c(=O)n2N=Cc2cc(C)n(-c3ccc(OCC(=O)O)cc3)c2C)cc1C(C)C. The highest BCUT2D eigenvalue weighted by molar-refractivity contribution is 5.84. The van der Waals surface area contributed by atoms with Crippen LogP contribution in [0.25, 0.3) is 28.0 Å². The molecule has 5 aromatic rings. The summed E-state index contributed by atoms with van der Waals surface area (Å²) < 4.78 is 14.4. The summed E-state index contributed by atoms with van der Waals surface area (Å²) in [6.45, 7) is 9.74. The van der Waals surface area contributed by atoms with Crippen molar-refractivity contribution < 1.29 is 19.4 Å². The minimum absolute atomic E-state index is 0.196. The van der Waals surface area contributed by atoms with Crippen LogP contribution < -0.4 is 15.0 Å². The van der Waals surface area contributed by atoms with E-state index in [2.05, 4.69) is 18.4 Å². The summed E-state index contributed by atoms with van der Waals surface area (Å²) in [5, 5.41) is 14.1. The Bertz CT molecular complexity index is 1920. The number of para-hydroxylation sites is 1. The van der Waals surface area contributed by atoms with E-state index in [-0.39, 0.29) is 11.5 Å². The van der Waals surface area contributed by atoms with Gasteiger partial charge in [0.1, 0.15) is 11.5 Å². The van der Waals surface area contributed by atoms with Gasteiger partial charge >= 0.3 is 5.97 Å². The van der Waals surface area contributed by atoms with E-state index in [1.807, 2.05) is 69.3 Å². The summed E-state index contributed by atoms with van der Waals surface area (Å²) in [5.41, 5.74) is 6.70. The number of nitrogens with zero attached hydrogens (tertiary/aromatic N) is 4. The van der Waals surface area contributed by atoms with Crippen molar-refractivity contribution >= 4 is 23.1 Å². The number of methoxy groups -OCH3 is 1. The number of aliphatic carboxylic acids is 1. The fourth-order valence-electron chi connectivity index (χ4n) is 5.24. The predicted molar refractivity (Wildman–Crippen MR) is 168 cm³/mol. The van der Waals surface area contributed by atoms with Crippen LogP contribution in [0.2, 0.25) is 0 Å². The standard InChI is InChI=1S/C34H34N4O5/c1-20(2)28-17-29(21(3)15-31(28)42-6)33-36-30-10-8-7-9-27(30)34(41)38(33)35-18-24-16-22(4)37(23(24)5)25-11-13-26(14-12-25)43-19-32(39)40/h7-18,20H,19H2,1-6H3,(H,39,40). The van der Waals surface area contributed by atoms with Gasteiger partial charge in [0, 0.05) is 28.2 Å². The molecule has 0 saturated heterocycles. The van der Waals surface area contributed by atoms with Crippen molar-refractivity contribution in [3.63, 3.8) is 0 Å². The van der Waals surface area contributed by atoms with Gasteiger partial charge in [-0.2, -0.15) is 9.78 Å². The Morgan fingerprint density at radius 1 is 1.05 bits per heavy atom. The molecule has 43 heavy (non-hydrogen) atoms. The maximum atomic E-state index is 13.8. The molecule has 2 aromatic heterocycles. The van der Waals surface area contributed by atoms with Gasteiger partial charge in [0.25, 0.3) is 5.56 Å². The molecule has 220 valence electrons. The monoisotopic (exact) mass is 578 g/mol. The molecule has 0 saturated carbocycles. The summed E-state index contributed by atoms with van der Waals surface area (Å²) >= 11 is 0. The van der Waals surface area contributed by atoms with Crippen molar-refractivity contribution in [1.82, 2.24) is 14.2 Å². The molecule has 0 unspecified atom stereocenters. The van der Waals surface area contributed by atoms with Crippen LogP contribution in [0.5, 0.6) is 11.5 Å². The number of rotatable bonds is 9. The van der Waals surface area contributed by atoms with Crippen molar-refractivity contribution in [2.45, 2.75) is 40.5 Å². The number of hydrogen-bond donors (Lipinski definition) is 1. The second kappa shape index (κ2) is 12.0. The van der Waals surface area contributed by atoms with Gasteiger partial charge in [-0.25, -0.2) is 9.78 Å². The molecule has 0 amide bonds. The minimum Gasteiger partial charge on any atom is -0.496 e. The number of benzene rings is 3. The highest BCUT2D eigenvalue weighted by atomic mass is 16.5. The zero-order chi connectivity index (χ0) is 30.8. The quantitative estimate of drug-likeness (QED) is 0.207. The Morgan fingerprint density at radius 2 is 1.77 bits per heavy atom. The van der Waals surface area contributed by atoms with Gasteiger partial charge in [-0.1, -0.05) is 26.0 Å². The van der Waals surface area contributed by atoms with Crippen LogP contribution in [0, 0.1) is 20.8 Å². The van der Waals surface area contributed by atoms with E-state index in [9.17, 15) is 9.59 Å². The van der Waals surface area contributed by atoms with E-state index < -0.39 is 12.6 Å². The summed E-state index contributed by atoms with van der Waals surface area (Å²) in [6, 6.07) is 20.5. The number of carbonyl (C=O) groups is 1. The van der Waals surface area contributed by atoms with E-state index in [1.54, 1.807) is 31.5 Å². The van der Waals surface area contributed by atoms with Gasteiger partial charge in [-0.05, 0) is 92.4 Å². The molecule has 0 aliphatic rings. The Morgan fingerprint density at radius 3 is 2.44 bits per heavy atom. The number of aryl methyl sites for hydroxylation is 2. The van der Waals surface area contributed by atoms with Gasteiger partial charge in [-0.3, -0.25) is 4.79 Å². The third kappa shape index (κ3) is 5.79. The van der Waals surface area contributed by atoms with Gasteiger partial charge in [0.2, 0.25) is 0 Å². The zero-order valence-electron chi connectivity index (χ0n) is 25.1. The highest BCUT2D eigenvalue weighted by Crippen LogP contribution is 2.34. The van der Waals surface area contributed by atoms with Crippen molar-refractivity contribution in [3.05, 3.63) is 105 Å². The van der Waals surface area contributed by atoms with Crippen LogP contribution in [0.3, 0.4) is 0 Å². The fraction of sp³-hybridized carbons (Fsp3) is 0.235. The lowest BCUT2D eigenvalue weighted by Gasteiger charge is -2.17. The number of hydrogen-bond acceptors (Lipinski definition) is 6. The lowest BCUT2D eigenvalue weighted by molar-refractivity contribution is -0.139. The van der Waals surface area contributed by atoms with Crippen LogP contribution >= 0.6 is 0 Å². The highest BCUT2D eigenvalue weighted by Gasteiger charge is 2.19. The lowest BCUT2D eigenvalue weighted by Crippen LogP contribution is -2.21. The molecule has 3 aromatic carbocycles. The Balaban J connectivity index is 1.61. The van der Waals surface area contributed by atoms with E-state index >= 15 is 0 Å². The molecule has 0 atom stereocenters. The lowest BCUT2D eigenvalue weighted by atomic mass is 9.96. The Labute approximate surface area is 249 Å². The molecular formula is C34H34N4O5. The van der Waals surface area contributed by atoms with E-state index in [0.29, 0.717) is 22.5 Å². The smallest absolute Gasteiger partial charge is 0.341 e. The first-order chi connectivity index (χ1) is 20.6. The zero-order valence-corrected chi connectivity index (χ0v) is 25.1. The van der Waals surface area contributed by atoms with Crippen LogP contribution in [0.4, 0.5) is 0 Å². The van der Waals surface area contributed by atoms with Crippen molar-refractivity contribution in [1.29, 1.82) is 0 Å². The van der Waals surface area contributed by atoms with Gasteiger partial charge in [-0.15, -0.1) is 0 Å². The number of carboxylic acids is 1. The second-order valence-corrected chi connectivity index (χ2v) is 10.7. The largest absolute Gasteiger partial charge is 0.496 e. The molecule has 9 heteroatoms. The average Bonchev–Trinajstić information content (AvgIpc) is 3.27. The first kappa shape index (κ1) is 29.3. The minimum atomic E-state index is -1.03. The van der Waals surface area contributed by atoms with Crippen molar-refractivity contribution in [3.8, 4) is 28.6 Å². The molecule has 5 rings (SSSR count). The van der Waals surface area contributed by atoms with Crippen LogP contribution in [-0.4, -0.2) is 45.2 Å². The molecular weight excluding hydrogens is 544 g/mol. The first-order valence-corrected chi connectivity index (χ1v) is 14.0. The molecule has 2 heterocycles. The fourth-order valence-corrected chi connectivity index (χ4v) is 5.24. The summed E-state index contributed by atoms with van der Waals surface area (Å²) in [6.07, 6.45) is 1.69. The van der Waals surface area contributed by atoms with E-state index in [4.69, 9.17) is 24.7 Å². The van der Waals surface area contributed by atoms with Crippen LogP contribution in [-0.2, 0) is 4.79 Å². The summed E-state index contributed by atoms with van der Waals surface area (Å²) in [7, 11) is 1.66. The first-order valence-electron chi connectivity index (χ1n) is 14.0. The maximum absolute atomic E-state index is 13.8. The number of aromatic nitrogens is 3. The Hall–Kier alpha value is -5.18. The number of carboxylic acid groups (broad SMARTS) is 1. The topological polar surface area (TPSA) is 108 Å². The number of fused-ring (bicyclic) bond motifs is 1. The molecule has 0 spiro atoms. The molecule has 9 nitrogen and oxygen atoms in total. The van der Waals surface area contributed by atoms with Gasteiger partial charge in [0.05, 0.1) is 24.2 Å². The predicted octanol–water partition coefficient (Wildman–Crippen LogP) is 6.26. The second-order valence-electron chi connectivity index (χ2n) is 10.7. The normalized spacial score (nSPS) is 11.5. The van der Waals surface area contributed by atoms with Crippen LogP contribution in [0.15, 0.2) is 76.6 Å². The number of ether oxygens (including phenoxy) is 2. The Kier molecular flexibility index (Phi) is 8.16.